The second-order valence-corrected chi connectivity index (χ2v) is 5.62. The van der Waals surface area contributed by atoms with Gasteiger partial charge in [0.05, 0.1) is 17.3 Å². The Kier molecular flexibility index (Phi) is 4.84. The molecule has 4 nitrogen and oxygen atoms in total. The van der Waals surface area contributed by atoms with E-state index in [1.807, 2.05) is 44.2 Å². The summed E-state index contributed by atoms with van der Waals surface area (Å²) in [6.45, 7) is 4.31. The molecule has 0 aliphatic rings. The van der Waals surface area contributed by atoms with Gasteiger partial charge in [0.25, 0.3) is 0 Å². The molecule has 1 amide bonds. The van der Waals surface area contributed by atoms with Crippen molar-refractivity contribution in [2.75, 3.05) is 10.6 Å². The number of hydrogen-bond acceptors (Lipinski definition) is 3. The molecule has 2 rings (SSSR count). The van der Waals surface area contributed by atoms with Crippen molar-refractivity contribution in [3.05, 3.63) is 46.8 Å². The molecule has 1 aromatic carbocycles. The van der Waals surface area contributed by atoms with Crippen molar-refractivity contribution in [2.24, 2.45) is 5.92 Å². The number of furan rings is 1. The molecule has 106 valence electrons. The minimum atomic E-state index is -0.0364. The molecule has 2 N–H and O–H groups in total. The summed E-state index contributed by atoms with van der Waals surface area (Å²) in [5.74, 6) is 0.809. The Hall–Kier alpha value is -1.75. The smallest absolute Gasteiger partial charge is 0.226 e. The maximum Gasteiger partial charge on any atom is 0.226 e. The average Bonchev–Trinajstić information content (AvgIpc) is 2.82. The van der Waals surface area contributed by atoms with Gasteiger partial charge < -0.3 is 15.1 Å². The van der Waals surface area contributed by atoms with Gasteiger partial charge in [-0.25, -0.2) is 0 Å². The largest absolute Gasteiger partial charge is 0.466 e. The first-order valence-electron chi connectivity index (χ1n) is 6.43. The fraction of sp³-hybridized carbons (Fsp3) is 0.267. The Balaban J connectivity index is 1.99. The third-order valence-electron chi connectivity index (χ3n) is 2.80. The number of benzene rings is 1. The van der Waals surface area contributed by atoms with E-state index in [4.69, 9.17) is 4.42 Å². The number of halogens is 1. The highest BCUT2D eigenvalue weighted by molar-refractivity contribution is 9.10. The van der Waals surface area contributed by atoms with Crippen molar-refractivity contribution >= 4 is 33.2 Å². The van der Waals surface area contributed by atoms with Crippen LogP contribution in [-0.2, 0) is 11.3 Å². The van der Waals surface area contributed by atoms with Crippen LogP contribution in [0.4, 0.5) is 11.4 Å². The maximum absolute atomic E-state index is 11.7. The lowest BCUT2D eigenvalue weighted by Gasteiger charge is -2.10. The Labute approximate surface area is 126 Å². The van der Waals surface area contributed by atoms with E-state index >= 15 is 0 Å². The molecule has 0 saturated heterocycles. The summed E-state index contributed by atoms with van der Waals surface area (Å²) in [5, 5.41) is 6.13. The number of rotatable bonds is 5. The van der Waals surface area contributed by atoms with Crippen LogP contribution < -0.4 is 10.6 Å². The topological polar surface area (TPSA) is 54.3 Å². The van der Waals surface area contributed by atoms with Crippen LogP contribution in [0.5, 0.6) is 0 Å². The van der Waals surface area contributed by atoms with Crippen LogP contribution in [0.2, 0.25) is 0 Å². The summed E-state index contributed by atoms with van der Waals surface area (Å²) in [6.07, 6.45) is 1.64. The van der Waals surface area contributed by atoms with Crippen molar-refractivity contribution in [3.8, 4) is 0 Å². The van der Waals surface area contributed by atoms with Gasteiger partial charge in [-0.15, -0.1) is 0 Å². The van der Waals surface area contributed by atoms with Gasteiger partial charge in [0.1, 0.15) is 5.76 Å². The van der Waals surface area contributed by atoms with Gasteiger partial charge in [-0.05, 0) is 40.2 Å². The third-order valence-corrected chi connectivity index (χ3v) is 3.51. The van der Waals surface area contributed by atoms with Crippen molar-refractivity contribution in [1.82, 2.24) is 0 Å². The van der Waals surface area contributed by atoms with Gasteiger partial charge in [-0.1, -0.05) is 19.9 Å². The predicted octanol–water partition coefficient (Wildman–Crippen LogP) is 4.25. The zero-order chi connectivity index (χ0) is 14.5. The lowest BCUT2D eigenvalue weighted by Crippen LogP contribution is -2.17. The molecule has 0 spiro atoms. The highest BCUT2D eigenvalue weighted by Gasteiger charge is 2.07. The van der Waals surface area contributed by atoms with Gasteiger partial charge in [-0.2, -0.15) is 0 Å². The van der Waals surface area contributed by atoms with E-state index in [1.54, 1.807) is 6.26 Å². The average molecular weight is 337 g/mol. The molecule has 0 aliphatic carbocycles. The second-order valence-electron chi connectivity index (χ2n) is 4.77. The molecule has 0 saturated carbocycles. The molecule has 0 bridgehead atoms. The molecule has 5 heteroatoms. The zero-order valence-electron chi connectivity index (χ0n) is 11.4. The van der Waals surface area contributed by atoms with E-state index in [9.17, 15) is 4.79 Å². The van der Waals surface area contributed by atoms with E-state index < -0.39 is 0 Å². The molecule has 0 aliphatic heterocycles. The van der Waals surface area contributed by atoms with E-state index in [0.29, 0.717) is 6.54 Å². The number of carbonyl (C=O) groups is 1. The summed E-state index contributed by atoms with van der Waals surface area (Å²) in [5.41, 5.74) is 1.71. The van der Waals surface area contributed by atoms with Crippen molar-refractivity contribution in [3.63, 3.8) is 0 Å². The van der Waals surface area contributed by atoms with Crippen molar-refractivity contribution in [1.29, 1.82) is 0 Å². The lowest BCUT2D eigenvalue weighted by molar-refractivity contribution is -0.118. The molecule has 0 atom stereocenters. The molecular weight excluding hydrogens is 320 g/mol. The quantitative estimate of drug-likeness (QED) is 0.858. The third kappa shape index (κ3) is 3.87. The molecule has 1 heterocycles. The van der Waals surface area contributed by atoms with Crippen LogP contribution in [0.1, 0.15) is 19.6 Å². The first-order chi connectivity index (χ1) is 9.56. The van der Waals surface area contributed by atoms with Crippen LogP contribution in [-0.4, -0.2) is 5.91 Å². The second kappa shape index (κ2) is 6.61. The van der Waals surface area contributed by atoms with E-state index in [1.165, 1.54) is 0 Å². The number of nitrogens with one attached hydrogen (secondary N) is 2. The van der Waals surface area contributed by atoms with E-state index in [2.05, 4.69) is 26.6 Å². The van der Waals surface area contributed by atoms with Gasteiger partial charge >= 0.3 is 0 Å². The summed E-state index contributed by atoms with van der Waals surface area (Å²) in [7, 11) is 0. The first-order valence-corrected chi connectivity index (χ1v) is 7.22. The van der Waals surface area contributed by atoms with Crippen LogP contribution in [0.25, 0.3) is 0 Å². The number of hydrogen-bond donors (Lipinski definition) is 2. The predicted molar refractivity (Wildman–Crippen MR) is 83.6 cm³/mol. The van der Waals surface area contributed by atoms with Crippen molar-refractivity contribution < 1.29 is 9.21 Å². The fourth-order valence-corrected chi connectivity index (χ4v) is 1.97. The fourth-order valence-electron chi connectivity index (χ4n) is 1.63. The molecule has 1 aromatic heterocycles. The van der Waals surface area contributed by atoms with Crippen molar-refractivity contribution in [2.45, 2.75) is 20.4 Å². The van der Waals surface area contributed by atoms with Gasteiger partial charge in [-0.3, -0.25) is 4.79 Å². The maximum atomic E-state index is 11.7. The Morgan fingerprint density at radius 2 is 2.05 bits per heavy atom. The Bertz CT molecular complexity index is 593. The molecule has 0 unspecified atom stereocenters. The molecule has 2 aromatic rings. The molecule has 0 fully saturated rings. The minimum Gasteiger partial charge on any atom is -0.466 e. The molecule has 20 heavy (non-hydrogen) atoms. The van der Waals surface area contributed by atoms with Crippen LogP contribution in [0, 0.1) is 5.92 Å². The van der Waals surface area contributed by atoms with Gasteiger partial charge in [0, 0.05) is 17.3 Å². The Morgan fingerprint density at radius 1 is 1.30 bits per heavy atom. The zero-order valence-corrected chi connectivity index (χ0v) is 13.0. The highest BCUT2D eigenvalue weighted by atomic mass is 79.9. The SMILES string of the molecule is CC(C)C(=O)Nc1cccc(NCc2occc2Br)c1. The highest BCUT2D eigenvalue weighted by Crippen LogP contribution is 2.20. The number of anilines is 2. The summed E-state index contributed by atoms with van der Waals surface area (Å²) in [6, 6.07) is 9.47. The lowest BCUT2D eigenvalue weighted by atomic mass is 10.2. The van der Waals surface area contributed by atoms with Gasteiger partial charge in [0.15, 0.2) is 0 Å². The van der Waals surface area contributed by atoms with E-state index in [-0.39, 0.29) is 11.8 Å². The normalized spacial score (nSPS) is 10.6. The first kappa shape index (κ1) is 14.7. The minimum absolute atomic E-state index is 0.0101. The monoisotopic (exact) mass is 336 g/mol. The van der Waals surface area contributed by atoms with Gasteiger partial charge in [0.2, 0.25) is 5.91 Å². The molecular formula is C15H17BrN2O2. The number of carbonyl (C=O) groups excluding carboxylic acids is 1. The Morgan fingerprint density at radius 3 is 2.70 bits per heavy atom. The van der Waals surface area contributed by atoms with Crippen LogP contribution in [0.15, 0.2) is 45.5 Å². The number of amides is 1. The summed E-state index contributed by atoms with van der Waals surface area (Å²) < 4.78 is 6.27. The van der Waals surface area contributed by atoms with Crippen LogP contribution >= 0.6 is 15.9 Å². The standard InChI is InChI=1S/C15H17BrN2O2/c1-10(2)15(19)18-12-5-3-4-11(8-12)17-9-14-13(16)6-7-20-14/h3-8,10,17H,9H2,1-2H3,(H,18,19). The van der Waals surface area contributed by atoms with E-state index in [0.717, 1.165) is 21.6 Å². The van der Waals surface area contributed by atoms with Crippen LogP contribution in [0.3, 0.4) is 0 Å². The molecule has 0 radical (unpaired) electrons. The summed E-state index contributed by atoms with van der Waals surface area (Å²) in [4.78, 5) is 11.7. The summed E-state index contributed by atoms with van der Waals surface area (Å²) >= 11 is 3.41.